The van der Waals surface area contributed by atoms with Crippen molar-refractivity contribution in [2.24, 2.45) is 0 Å². The van der Waals surface area contributed by atoms with Gasteiger partial charge in [-0.25, -0.2) is 9.97 Å². The molecule has 2 aromatic carbocycles. The van der Waals surface area contributed by atoms with Crippen LogP contribution in [0, 0.1) is 0 Å². The van der Waals surface area contributed by atoms with Crippen LogP contribution in [0.15, 0.2) is 48.5 Å². The number of hydrogen-bond donors (Lipinski definition) is 1. The Hall–Kier alpha value is -2.86. The van der Waals surface area contributed by atoms with Crippen LogP contribution in [0.25, 0.3) is 11.0 Å². The van der Waals surface area contributed by atoms with E-state index in [4.69, 9.17) is 14.7 Å². The molecule has 0 atom stereocenters. The van der Waals surface area contributed by atoms with E-state index in [-0.39, 0.29) is 0 Å². The fourth-order valence-electron chi connectivity index (χ4n) is 3.99. The van der Waals surface area contributed by atoms with Gasteiger partial charge in [0.05, 0.1) is 18.1 Å². The summed E-state index contributed by atoms with van der Waals surface area (Å²) in [5.74, 6) is 2.87. The fraction of sp³-hybridized carbons (Fsp3) is 0.417. The molecular weight excluding hydrogens is 374 g/mol. The topological polar surface area (TPSA) is 53.5 Å². The van der Waals surface area contributed by atoms with Crippen LogP contribution in [0.4, 0.5) is 11.6 Å². The maximum absolute atomic E-state index is 5.25. The number of nitrogens with zero attached hydrogens (tertiary/aromatic N) is 4. The predicted molar refractivity (Wildman–Crippen MR) is 122 cm³/mol. The van der Waals surface area contributed by atoms with E-state index < -0.39 is 0 Å². The molecule has 156 valence electrons. The van der Waals surface area contributed by atoms with Crippen molar-refractivity contribution in [2.75, 3.05) is 50.1 Å². The molecule has 2 fully saturated rings. The van der Waals surface area contributed by atoms with Gasteiger partial charge in [0.2, 0.25) is 0 Å². The van der Waals surface area contributed by atoms with Gasteiger partial charge in [-0.2, -0.15) is 0 Å². The van der Waals surface area contributed by atoms with Gasteiger partial charge in [0.15, 0.2) is 11.6 Å². The van der Waals surface area contributed by atoms with Gasteiger partial charge in [0.1, 0.15) is 5.75 Å². The van der Waals surface area contributed by atoms with E-state index in [2.05, 4.69) is 33.3 Å². The Morgan fingerprint density at radius 3 is 2.30 bits per heavy atom. The zero-order valence-corrected chi connectivity index (χ0v) is 17.6. The van der Waals surface area contributed by atoms with Crippen LogP contribution in [0.2, 0.25) is 0 Å². The number of methoxy groups -OCH3 is 1. The van der Waals surface area contributed by atoms with E-state index in [0.717, 1.165) is 67.6 Å². The molecule has 0 unspecified atom stereocenters. The Morgan fingerprint density at radius 1 is 0.933 bits per heavy atom. The average molecular weight is 404 g/mol. The summed E-state index contributed by atoms with van der Waals surface area (Å²) in [6.07, 6.45) is 3.52. The molecule has 1 aromatic heterocycles. The largest absolute Gasteiger partial charge is 0.497 e. The number of hydrogen-bond acceptors (Lipinski definition) is 6. The van der Waals surface area contributed by atoms with Crippen LogP contribution in [0.5, 0.6) is 5.75 Å². The summed E-state index contributed by atoms with van der Waals surface area (Å²) in [6.45, 7) is 5.14. The molecule has 0 radical (unpaired) electrons. The second-order valence-electron chi connectivity index (χ2n) is 8.23. The molecule has 0 bridgehead atoms. The summed E-state index contributed by atoms with van der Waals surface area (Å²) in [6, 6.07) is 17.1. The Labute approximate surface area is 177 Å². The van der Waals surface area contributed by atoms with Crippen molar-refractivity contribution in [3.8, 4) is 5.75 Å². The summed E-state index contributed by atoms with van der Waals surface area (Å²) in [5, 5.41) is 3.60. The number of piperazine rings is 1. The minimum Gasteiger partial charge on any atom is -0.497 e. The number of para-hydroxylation sites is 2. The summed E-state index contributed by atoms with van der Waals surface area (Å²) < 4.78 is 5.25. The lowest BCUT2D eigenvalue weighted by Gasteiger charge is -2.36. The highest BCUT2D eigenvalue weighted by atomic mass is 16.5. The average Bonchev–Trinajstić information content (AvgIpc) is 3.62. The van der Waals surface area contributed by atoms with Crippen LogP contribution in [-0.2, 0) is 6.42 Å². The number of rotatable bonds is 7. The lowest BCUT2D eigenvalue weighted by molar-refractivity contribution is 0.260. The summed E-state index contributed by atoms with van der Waals surface area (Å²) in [5.41, 5.74) is 3.29. The Kier molecular flexibility index (Phi) is 5.41. The first-order valence-corrected chi connectivity index (χ1v) is 10.9. The van der Waals surface area contributed by atoms with Crippen LogP contribution >= 0.6 is 0 Å². The zero-order chi connectivity index (χ0) is 20.3. The van der Waals surface area contributed by atoms with Crippen molar-refractivity contribution in [1.82, 2.24) is 14.9 Å². The standard InChI is InChI=1S/C24H29N5O/c1-30-20-10-6-18(7-11-20)12-13-28-14-16-29(17-15-28)24-23(25-19-8-9-19)26-21-4-2-3-5-22(21)27-24/h2-7,10-11,19H,8-9,12-17H2,1H3,(H,25,26). The second kappa shape index (κ2) is 8.48. The normalized spacial score (nSPS) is 17.3. The Morgan fingerprint density at radius 2 is 1.63 bits per heavy atom. The Balaban J connectivity index is 1.23. The van der Waals surface area contributed by atoms with Gasteiger partial charge in [0, 0.05) is 38.8 Å². The van der Waals surface area contributed by atoms with E-state index in [0.29, 0.717) is 6.04 Å². The number of aromatic nitrogens is 2. The summed E-state index contributed by atoms with van der Waals surface area (Å²) in [7, 11) is 1.71. The molecule has 2 aliphatic rings. The van der Waals surface area contributed by atoms with E-state index in [1.807, 2.05) is 30.3 Å². The van der Waals surface area contributed by atoms with E-state index in [1.54, 1.807) is 7.11 Å². The fourth-order valence-corrected chi connectivity index (χ4v) is 3.99. The molecule has 5 rings (SSSR count). The van der Waals surface area contributed by atoms with Gasteiger partial charge in [-0.15, -0.1) is 0 Å². The van der Waals surface area contributed by atoms with Crippen molar-refractivity contribution in [2.45, 2.75) is 25.3 Å². The molecule has 1 aliphatic carbocycles. The third kappa shape index (κ3) is 4.33. The van der Waals surface area contributed by atoms with Crippen molar-refractivity contribution in [1.29, 1.82) is 0 Å². The zero-order valence-electron chi connectivity index (χ0n) is 17.6. The Bertz CT molecular complexity index is 994. The van der Waals surface area contributed by atoms with Crippen molar-refractivity contribution >= 4 is 22.7 Å². The monoisotopic (exact) mass is 403 g/mol. The molecule has 3 aromatic rings. The molecule has 1 N–H and O–H groups in total. The van der Waals surface area contributed by atoms with Crippen LogP contribution in [-0.4, -0.2) is 60.7 Å². The first-order chi connectivity index (χ1) is 14.8. The molecule has 1 saturated carbocycles. The van der Waals surface area contributed by atoms with Crippen LogP contribution < -0.4 is 15.0 Å². The molecule has 1 aliphatic heterocycles. The maximum Gasteiger partial charge on any atom is 0.172 e. The lowest BCUT2D eigenvalue weighted by atomic mass is 10.1. The first kappa shape index (κ1) is 19.1. The maximum atomic E-state index is 5.25. The highest BCUT2D eigenvalue weighted by Gasteiger charge is 2.26. The second-order valence-corrected chi connectivity index (χ2v) is 8.23. The number of nitrogens with one attached hydrogen (secondary N) is 1. The van der Waals surface area contributed by atoms with Gasteiger partial charge in [-0.3, -0.25) is 4.90 Å². The van der Waals surface area contributed by atoms with Crippen molar-refractivity contribution < 1.29 is 4.74 Å². The summed E-state index contributed by atoms with van der Waals surface area (Å²) in [4.78, 5) is 14.8. The van der Waals surface area contributed by atoms with Gasteiger partial charge >= 0.3 is 0 Å². The van der Waals surface area contributed by atoms with Gasteiger partial charge in [-0.05, 0) is 49.1 Å². The van der Waals surface area contributed by atoms with Crippen LogP contribution in [0.1, 0.15) is 18.4 Å². The number of ether oxygens (including phenoxy) is 1. The highest BCUT2D eigenvalue weighted by Crippen LogP contribution is 2.31. The van der Waals surface area contributed by atoms with Gasteiger partial charge in [-0.1, -0.05) is 24.3 Å². The smallest absolute Gasteiger partial charge is 0.172 e. The highest BCUT2D eigenvalue weighted by molar-refractivity contribution is 5.80. The molecule has 6 heteroatoms. The SMILES string of the molecule is COc1ccc(CCN2CCN(c3nc4ccccc4nc3NC3CC3)CC2)cc1. The molecule has 1 saturated heterocycles. The third-order valence-electron chi connectivity index (χ3n) is 6.02. The number of anilines is 2. The van der Waals surface area contributed by atoms with Crippen molar-refractivity contribution in [3.63, 3.8) is 0 Å². The third-order valence-corrected chi connectivity index (χ3v) is 6.02. The van der Waals surface area contributed by atoms with Crippen LogP contribution in [0.3, 0.4) is 0 Å². The molecule has 2 heterocycles. The molecule has 0 spiro atoms. The number of fused-ring (bicyclic) bond motifs is 1. The number of benzene rings is 2. The quantitative estimate of drug-likeness (QED) is 0.651. The van der Waals surface area contributed by atoms with E-state index in [9.17, 15) is 0 Å². The van der Waals surface area contributed by atoms with Gasteiger partial charge < -0.3 is 15.0 Å². The van der Waals surface area contributed by atoms with E-state index >= 15 is 0 Å². The molecule has 30 heavy (non-hydrogen) atoms. The minimum absolute atomic E-state index is 0.560. The summed E-state index contributed by atoms with van der Waals surface area (Å²) >= 11 is 0. The van der Waals surface area contributed by atoms with E-state index in [1.165, 1.54) is 18.4 Å². The lowest BCUT2D eigenvalue weighted by Crippen LogP contribution is -2.47. The van der Waals surface area contributed by atoms with Gasteiger partial charge in [0.25, 0.3) is 0 Å². The minimum atomic E-state index is 0.560. The molecule has 6 nitrogen and oxygen atoms in total. The van der Waals surface area contributed by atoms with Crippen molar-refractivity contribution in [3.05, 3.63) is 54.1 Å². The first-order valence-electron chi connectivity index (χ1n) is 10.9. The molecular formula is C24H29N5O. The molecule has 0 amide bonds. The predicted octanol–water partition coefficient (Wildman–Crippen LogP) is 3.58.